The summed E-state index contributed by atoms with van der Waals surface area (Å²) in [6, 6.07) is 18.8. The zero-order valence-corrected chi connectivity index (χ0v) is 17.5. The average molecular weight is 441 g/mol. The van der Waals surface area contributed by atoms with Crippen molar-refractivity contribution in [2.45, 2.75) is 25.4 Å². The molecule has 2 atom stereocenters. The first-order valence-corrected chi connectivity index (χ1v) is 10.3. The van der Waals surface area contributed by atoms with Crippen LogP contribution in [0.3, 0.4) is 0 Å². The van der Waals surface area contributed by atoms with Gasteiger partial charge in [-0.05, 0) is 61.1 Å². The maximum Gasteiger partial charge on any atom is 0.170 e. The molecule has 1 N–H and O–H groups in total. The largest absolute Gasteiger partial charge is 0.352 e. The fourth-order valence-corrected chi connectivity index (χ4v) is 4.42. The van der Waals surface area contributed by atoms with E-state index in [1.165, 1.54) is 5.69 Å². The second-order valence-corrected chi connectivity index (χ2v) is 7.91. The van der Waals surface area contributed by atoms with Gasteiger partial charge in [0.1, 0.15) is 0 Å². The van der Waals surface area contributed by atoms with Gasteiger partial charge in [0.05, 0.1) is 17.8 Å². The van der Waals surface area contributed by atoms with E-state index in [2.05, 4.69) is 85.2 Å². The van der Waals surface area contributed by atoms with Crippen molar-refractivity contribution >= 4 is 33.3 Å². The Kier molecular flexibility index (Phi) is 5.27. The first-order valence-electron chi connectivity index (χ1n) is 9.10. The normalized spacial score (nSPS) is 19.3. The molecule has 1 aromatic carbocycles. The van der Waals surface area contributed by atoms with Crippen molar-refractivity contribution in [2.24, 2.45) is 0 Å². The highest BCUT2D eigenvalue weighted by molar-refractivity contribution is 9.10. The Bertz CT molecular complexity index is 940. The molecule has 3 aromatic rings. The van der Waals surface area contributed by atoms with E-state index in [0.717, 1.165) is 33.9 Å². The SMILES string of the molecule is CCCN1C(=S)N[C@H](c2ccccn2)[C@H]1c1cccn1-c1cccc(Br)c1. The van der Waals surface area contributed by atoms with Crippen molar-refractivity contribution in [3.05, 3.63) is 82.9 Å². The van der Waals surface area contributed by atoms with Crippen molar-refractivity contribution in [1.29, 1.82) is 0 Å². The topological polar surface area (TPSA) is 33.1 Å². The quantitative estimate of drug-likeness (QED) is 0.564. The Morgan fingerprint density at radius 1 is 1.15 bits per heavy atom. The predicted octanol–water partition coefficient (Wildman–Crippen LogP) is 5.02. The Morgan fingerprint density at radius 3 is 2.78 bits per heavy atom. The van der Waals surface area contributed by atoms with Crippen LogP contribution in [0.5, 0.6) is 0 Å². The van der Waals surface area contributed by atoms with Crippen LogP contribution < -0.4 is 5.32 Å². The van der Waals surface area contributed by atoms with Gasteiger partial charge in [0.25, 0.3) is 0 Å². The number of rotatable bonds is 5. The lowest BCUT2D eigenvalue weighted by Gasteiger charge is -2.28. The molecular weight excluding hydrogens is 420 g/mol. The molecule has 1 aliphatic heterocycles. The molecule has 4 rings (SSSR count). The molecule has 0 spiro atoms. The maximum atomic E-state index is 5.69. The third kappa shape index (κ3) is 3.51. The lowest BCUT2D eigenvalue weighted by molar-refractivity contribution is 0.309. The Hall–Kier alpha value is -2.18. The second-order valence-electron chi connectivity index (χ2n) is 6.60. The van der Waals surface area contributed by atoms with E-state index >= 15 is 0 Å². The van der Waals surface area contributed by atoms with Crippen molar-refractivity contribution in [3.63, 3.8) is 0 Å². The Morgan fingerprint density at radius 2 is 2.04 bits per heavy atom. The molecule has 0 aliphatic carbocycles. The maximum absolute atomic E-state index is 5.69. The van der Waals surface area contributed by atoms with Crippen LogP contribution in [0.4, 0.5) is 0 Å². The van der Waals surface area contributed by atoms with E-state index in [1.54, 1.807) is 0 Å². The zero-order valence-electron chi connectivity index (χ0n) is 15.0. The molecule has 0 unspecified atom stereocenters. The molecule has 3 heterocycles. The fourth-order valence-electron chi connectivity index (χ4n) is 3.70. The van der Waals surface area contributed by atoms with Crippen LogP contribution in [0.2, 0.25) is 0 Å². The second kappa shape index (κ2) is 7.82. The molecule has 6 heteroatoms. The van der Waals surface area contributed by atoms with Crippen molar-refractivity contribution in [1.82, 2.24) is 19.8 Å². The third-order valence-corrected chi connectivity index (χ3v) is 5.68. The highest BCUT2D eigenvalue weighted by atomic mass is 79.9. The molecule has 138 valence electrons. The number of hydrogen-bond acceptors (Lipinski definition) is 2. The van der Waals surface area contributed by atoms with Gasteiger partial charge in [0.15, 0.2) is 5.11 Å². The first-order chi connectivity index (χ1) is 13.2. The number of halogens is 1. The summed E-state index contributed by atoms with van der Waals surface area (Å²) < 4.78 is 3.30. The van der Waals surface area contributed by atoms with Gasteiger partial charge in [-0.15, -0.1) is 0 Å². The molecule has 1 aliphatic rings. The predicted molar refractivity (Wildman–Crippen MR) is 116 cm³/mol. The summed E-state index contributed by atoms with van der Waals surface area (Å²) >= 11 is 9.27. The summed E-state index contributed by atoms with van der Waals surface area (Å²) in [5.41, 5.74) is 3.33. The molecule has 0 bridgehead atoms. The molecule has 0 amide bonds. The highest BCUT2D eigenvalue weighted by Crippen LogP contribution is 2.39. The third-order valence-electron chi connectivity index (χ3n) is 4.83. The van der Waals surface area contributed by atoms with Crippen molar-refractivity contribution < 1.29 is 0 Å². The highest BCUT2D eigenvalue weighted by Gasteiger charge is 2.40. The van der Waals surface area contributed by atoms with Gasteiger partial charge < -0.3 is 14.8 Å². The lowest BCUT2D eigenvalue weighted by atomic mass is 10.0. The summed E-state index contributed by atoms with van der Waals surface area (Å²) in [4.78, 5) is 6.89. The minimum absolute atomic E-state index is 0.0195. The van der Waals surface area contributed by atoms with Crippen LogP contribution in [0.15, 0.2) is 71.5 Å². The average Bonchev–Trinajstić information content (AvgIpc) is 3.28. The number of hydrogen-bond donors (Lipinski definition) is 1. The van der Waals surface area contributed by atoms with Crippen molar-refractivity contribution in [2.75, 3.05) is 6.54 Å². The summed E-state index contributed by atoms with van der Waals surface area (Å²) in [7, 11) is 0. The molecule has 0 saturated carbocycles. The minimum Gasteiger partial charge on any atom is -0.352 e. The van der Waals surface area contributed by atoms with E-state index in [9.17, 15) is 0 Å². The van der Waals surface area contributed by atoms with Crippen LogP contribution in [0.25, 0.3) is 5.69 Å². The lowest BCUT2D eigenvalue weighted by Crippen LogP contribution is -2.31. The van der Waals surface area contributed by atoms with Gasteiger partial charge in [-0.1, -0.05) is 35.0 Å². The van der Waals surface area contributed by atoms with Gasteiger partial charge >= 0.3 is 0 Å². The van der Waals surface area contributed by atoms with E-state index in [-0.39, 0.29) is 12.1 Å². The molecule has 2 aromatic heterocycles. The molecule has 0 radical (unpaired) electrons. The number of thiocarbonyl (C=S) groups is 1. The molecule has 1 saturated heterocycles. The van der Waals surface area contributed by atoms with Crippen LogP contribution in [0, 0.1) is 0 Å². The molecule has 1 fully saturated rings. The number of pyridine rings is 1. The summed E-state index contributed by atoms with van der Waals surface area (Å²) in [5, 5.41) is 4.30. The zero-order chi connectivity index (χ0) is 18.8. The standard InChI is InChI=1S/C21H21BrN4S/c1-2-12-26-20(19(24-21(26)27)17-9-3-4-11-23-17)18-10-6-13-25(18)16-8-5-7-15(22)14-16/h3-11,13-14,19-20H,2,12H2,1H3,(H,24,27)/t19-,20-/m1/s1. The number of aromatic nitrogens is 2. The number of nitrogens with zero attached hydrogens (tertiary/aromatic N) is 3. The van der Waals surface area contributed by atoms with E-state index < -0.39 is 0 Å². The smallest absolute Gasteiger partial charge is 0.170 e. The van der Waals surface area contributed by atoms with Gasteiger partial charge in [-0.2, -0.15) is 0 Å². The van der Waals surface area contributed by atoms with Crippen LogP contribution >= 0.6 is 28.1 Å². The Balaban J connectivity index is 1.81. The van der Waals surface area contributed by atoms with Gasteiger partial charge in [-0.25, -0.2) is 0 Å². The first kappa shape index (κ1) is 18.2. The van der Waals surface area contributed by atoms with Gasteiger partial charge in [0, 0.05) is 34.8 Å². The monoisotopic (exact) mass is 440 g/mol. The number of nitrogens with one attached hydrogen (secondary N) is 1. The molecular formula is C21H21BrN4S. The Labute approximate surface area is 173 Å². The van der Waals surface area contributed by atoms with Gasteiger partial charge in [0.2, 0.25) is 0 Å². The van der Waals surface area contributed by atoms with Crippen molar-refractivity contribution in [3.8, 4) is 5.69 Å². The van der Waals surface area contributed by atoms with Crippen LogP contribution in [0.1, 0.15) is 36.8 Å². The number of benzene rings is 1. The summed E-state index contributed by atoms with van der Waals surface area (Å²) in [6.45, 7) is 3.09. The summed E-state index contributed by atoms with van der Waals surface area (Å²) in [5.74, 6) is 0. The minimum atomic E-state index is 0.0195. The molecule has 27 heavy (non-hydrogen) atoms. The van der Waals surface area contributed by atoms with E-state index in [4.69, 9.17) is 12.2 Å². The van der Waals surface area contributed by atoms with E-state index in [0.29, 0.717) is 0 Å². The van der Waals surface area contributed by atoms with Crippen LogP contribution in [-0.4, -0.2) is 26.1 Å². The van der Waals surface area contributed by atoms with Gasteiger partial charge in [-0.3, -0.25) is 4.98 Å². The fraction of sp³-hybridized carbons (Fsp3) is 0.238. The van der Waals surface area contributed by atoms with E-state index in [1.807, 2.05) is 24.4 Å². The summed E-state index contributed by atoms with van der Waals surface area (Å²) in [6.07, 6.45) is 4.98. The molecule has 4 nitrogen and oxygen atoms in total. The van der Waals surface area contributed by atoms with Crippen LogP contribution in [-0.2, 0) is 0 Å².